The Labute approximate surface area is 175 Å². The summed E-state index contributed by atoms with van der Waals surface area (Å²) in [5, 5.41) is 8.31. The molecule has 0 spiro atoms. The quantitative estimate of drug-likeness (QED) is 0.610. The van der Waals surface area contributed by atoms with Crippen LogP contribution in [0.3, 0.4) is 0 Å². The van der Waals surface area contributed by atoms with Crippen molar-refractivity contribution in [3.8, 4) is 11.4 Å². The summed E-state index contributed by atoms with van der Waals surface area (Å²) in [7, 11) is 1.61. The predicted molar refractivity (Wildman–Crippen MR) is 112 cm³/mol. The molecular weight excluding hydrogens is 380 g/mol. The zero-order valence-corrected chi connectivity index (χ0v) is 17.1. The molecule has 7 nitrogen and oxygen atoms in total. The van der Waals surface area contributed by atoms with Crippen LogP contribution in [0.5, 0.6) is 5.75 Å². The van der Waals surface area contributed by atoms with Crippen LogP contribution in [0, 0.1) is 12.8 Å². The lowest BCUT2D eigenvalue weighted by Crippen LogP contribution is -2.40. The maximum absolute atomic E-state index is 13.0. The number of ether oxygens (including phenoxy) is 1. The molecule has 1 fully saturated rings. The second-order valence-electron chi connectivity index (χ2n) is 7.43. The van der Waals surface area contributed by atoms with Crippen molar-refractivity contribution in [3.63, 3.8) is 0 Å². The molecule has 0 saturated carbocycles. The van der Waals surface area contributed by atoms with Crippen LogP contribution in [-0.2, 0) is 0 Å². The second kappa shape index (κ2) is 8.49. The number of benzene rings is 2. The Kier molecular flexibility index (Phi) is 5.61. The molecule has 7 heteroatoms. The standard InChI is InChI=1S/C23H24N4O3/c1-16-21(24-25-27(16)19-9-6-10-20(15-19)30-2)23(29)26-13-11-18(12-14-26)22(28)17-7-4-3-5-8-17/h3-10,15,18H,11-14H2,1-2H3. The molecule has 4 rings (SSSR count). The van der Waals surface area contributed by atoms with E-state index < -0.39 is 0 Å². The third kappa shape index (κ3) is 3.83. The number of hydrogen-bond donors (Lipinski definition) is 0. The minimum absolute atomic E-state index is 0.0509. The van der Waals surface area contributed by atoms with Gasteiger partial charge in [0.05, 0.1) is 18.5 Å². The molecule has 1 aromatic heterocycles. The number of likely N-dealkylation sites (tertiary alicyclic amines) is 1. The lowest BCUT2D eigenvalue weighted by atomic mass is 9.89. The maximum Gasteiger partial charge on any atom is 0.276 e. The number of Topliss-reactive ketones (excluding diaryl/α,β-unsaturated/α-hetero) is 1. The van der Waals surface area contributed by atoms with Gasteiger partial charge in [0, 0.05) is 30.6 Å². The van der Waals surface area contributed by atoms with E-state index in [-0.39, 0.29) is 17.6 Å². The summed E-state index contributed by atoms with van der Waals surface area (Å²) >= 11 is 0. The highest BCUT2D eigenvalue weighted by Crippen LogP contribution is 2.24. The topological polar surface area (TPSA) is 77.3 Å². The third-order valence-corrected chi connectivity index (χ3v) is 5.61. The van der Waals surface area contributed by atoms with Gasteiger partial charge in [-0.05, 0) is 31.9 Å². The summed E-state index contributed by atoms with van der Waals surface area (Å²) in [4.78, 5) is 27.5. The highest BCUT2D eigenvalue weighted by atomic mass is 16.5. The number of aromatic nitrogens is 3. The molecule has 0 unspecified atom stereocenters. The van der Waals surface area contributed by atoms with E-state index in [9.17, 15) is 9.59 Å². The van der Waals surface area contributed by atoms with Gasteiger partial charge in [-0.2, -0.15) is 0 Å². The van der Waals surface area contributed by atoms with Crippen molar-refractivity contribution in [1.29, 1.82) is 0 Å². The number of carbonyl (C=O) groups is 2. The SMILES string of the molecule is COc1cccc(-n2nnc(C(=O)N3CCC(C(=O)c4ccccc4)CC3)c2C)c1. The van der Waals surface area contributed by atoms with Crippen LogP contribution in [0.1, 0.15) is 39.4 Å². The van der Waals surface area contributed by atoms with Crippen LogP contribution in [-0.4, -0.2) is 51.8 Å². The molecule has 0 N–H and O–H groups in total. The van der Waals surface area contributed by atoms with Gasteiger partial charge in [-0.25, -0.2) is 4.68 Å². The number of rotatable bonds is 5. The molecular formula is C23H24N4O3. The molecule has 0 atom stereocenters. The summed E-state index contributed by atoms with van der Waals surface area (Å²) in [6.45, 7) is 2.90. The van der Waals surface area contributed by atoms with Crippen molar-refractivity contribution in [1.82, 2.24) is 19.9 Å². The Morgan fingerprint density at radius 1 is 1.03 bits per heavy atom. The minimum atomic E-state index is -0.146. The summed E-state index contributed by atoms with van der Waals surface area (Å²) in [5.41, 5.74) is 2.53. The van der Waals surface area contributed by atoms with Crippen molar-refractivity contribution < 1.29 is 14.3 Å². The molecule has 0 aliphatic carbocycles. The molecule has 0 bridgehead atoms. The zero-order valence-electron chi connectivity index (χ0n) is 17.1. The number of nitrogens with zero attached hydrogens (tertiary/aromatic N) is 4. The molecule has 1 saturated heterocycles. The van der Waals surface area contributed by atoms with E-state index in [0.29, 0.717) is 43.1 Å². The smallest absolute Gasteiger partial charge is 0.276 e. The van der Waals surface area contributed by atoms with Crippen LogP contribution < -0.4 is 4.74 Å². The Morgan fingerprint density at radius 3 is 2.47 bits per heavy atom. The van der Waals surface area contributed by atoms with E-state index in [4.69, 9.17) is 4.74 Å². The average molecular weight is 404 g/mol. The van der Waals surface area contributed by atoms with Gasteiger partial charge in [-0.3, -0.25) is 9.59 Å². The van der Waals surface area contributed by atoms with Gasteiger partial charge in [0.2, 0.25) is 0 Å². The summed E-state index contributed by atoms with van der Waals surface area (Å²) in [6.07, 6.45) is 1.31. The van der Waals surface area contributed by atoms with E-state index in [0.717, 1.165) is 11.3 Å². The van der Waals surface area contributed by atoms with Crippen LogP contribution >= 0.6 is 0 Å². The van der Waals surface area contributed by atoms with Gasteiger partial charge in [0.15, 0.2) is 11.5 Å². The lowest BCUT2D eigenvalue weighted by Gasteiger charge is -2.31. The molecule has 3 aromatic rings. The molecule has 1 aliphatic heterocycles. The van der Waals surface area contributed by atoms with Crippen molar-refractivity contribution in [3.05, 3.63) is 71.5 Å². The van der Waals surface area contributed by atoms with Crippen molar-refractivity contribution >= 4 is 11.7 Å². The highest BCUT2D eigenvalue weighted by molar-refractivity contribution is 5.98. The van der Waals surface area contributed by atoms with Gasteiger partial charge in [0.25, 0.3) is 5.91 Å². The van der Waals surface area contributed by atoms with Gasteiger partial charge in [-0.15, -0.1) is 5.10 Å². The van der Waals surface area contributed by atoms with Crippen molar-refractivity contribution in [2.45, 2.75) is 19.8 Å². The summed E-state index contributed by atoms with van der Waals surface area (Å²) < 4.78 is 6.90. The number of piperidine rings is 1. The number of hydrogen-bond acceptors (Lipinski definition) is 5. The first-order chi connectivity index (χ1) is 14.6. The van der Waals surface area contributed by atoms with Gasteiger partial charge >= 0.3 is 0 Å². The number of methoxy groups -OCH3 is 1. The van der Waals surface area contributed by atoms with Crippen LogP contribution in [0.4, 0.5) is 0 Å². The summed E-state index contributed by atoms with van der Waals surface area (Å²) in [6, 6.07) is 16.8. The van der Waals surface area contributed by atoms with Gasteiger partial charge in [-0.1, -0.05) is 41.6 Å². The Hall–Kier alpha value is -3.48. The molecule has 1 aliphatic rings. The van der Waals surface area contributed by atoms with E-state index in [1.165, 1.54) is 0 Å². The monoisotopic (exact) mass is 404 g/mol. The van der Waals surface area contributed by atoms with Crippen LogP contribution in [0.2, 0.25) is 0 Å². The normalized spacial score (nSPS) is 14.5. The molecule has 2 aromatic carbocycles. The zero-order chi connectivity index (χ0) is 21.1. The average Bonchev–Trinajstić information content (AvgIpc) is 3.20. The second-order valence-corrected chi connectivity index (χ2v) is 7.43. The van der Waals surface area contributed by atoms with E-state index in [2.05, 4.69) is 10.3 Å². The fraction of sp³-hybridized carbons (Fsp3) is 0.304. The first-order valence-corrected chi connectivity index (χ1v) is 10.0. The number of amides is 1. The fourth-order valence-electron chi connectivity index (χ4n) is 3.85. The maximum atomic E-state index is 13.0. The van der Waals surface area contributed by atoms with Gasteiger partial charge < -0.3 is 9.64 Å². The first-order valence-electron chi connectivity index (χ1n) is 10.0. The largest absolute Gasteiger partial charge is 0.497 e. The summed E-state index contributed by atoms with van der Waals surface area (Å²) in [5.74, 6) is 0.667. The third-order valence-electron chi connectivity index (χ3n) is 5.61. The Morgan fingerprint density at radius 2 is 1.77 bits per heavy atom. The number of carbonyl (C=O) groups excluding carboxylic acids is 2. The Bertz CT molecular complexity index is 1050. The predicted octanol–water partition coefficient (Wildman–Crippen LogP) is 3.32. The highest BCUT2D eigenvalue weighted by Gasteiger charge is 2.30. The molecule has 1 amide bonds. The van der Waals surface area contributed by atoms with E-state index in [1.54, 1.807) is 16.7 Å². The van der Waals surface area contributed by atoms with Crippen molar-refractivity contribution in [2.75, 3.05) is 20.2 Å². The molecule has 154 valence electrons. The molecule has 30 heavy (non-hydrogen) atoms. The number of ketones is 1. The van der Waals surface area contributed by atoms with E-state index in [1.807, 2.05) is 61.5 Å². The van der Waals surface area contributed by atoms with Crippen molar-refractivity contribution in [2.24, 2.45) is 5.92 Å². The van der Waals surface area contributed by atoms with Crippen LogP contribution in [0.25, 0.3) is 5.69 Å². The van der Waals surface area contributed by atoms with Gasteiger partial charge in [0.1, 0.15) is 5.75 Å². The minimum Gasteiger partial charge on any atom is -0.497 e. The Balaban J connectivity index is 1.45. The molecule has 2 heterocycles. The molecule has 0 radical (unpaired) electrons. The van der Waals surface area contributed by atoms with E-state index >= 15 is 0 Å². The lowest BCUT2D eigenvalue weighted by molar-refractivity contribution is 0.0645. The van der Waals surface area contributed by atoms with Crippen LogP contribution in [0.15, 0.2) is 54.6 Å². The fourth-order valence-corrected chi connectivity index (χ4v) is 3.85. The first kappa shape index (κ1) is 19.8.